The first-order chi connectivity index (χ1) is 6.25. The van der Waals surface area contributed by atoms with Gasteiger partial charge in [-0.05, 0) is 19.4 Å². The summed E-state index contributed by atoms with van der Waals surface area (Å²) in [6.45, 7) is 4.53. The summed E-state index contributed by atoms with van der Waals surface area (Å²) < 4.78 is 0. The van der Waals surface area contributed by atoms with Gasteiger partial charge in [0.2, 0.25) is 5.91 Å². The highest BCUT2D eigenvalue weighted by molar-refractivity contribution is 5.83. The molecule has 2 nitrogen and oxygen atoms in total. The summed E-state index contributed by atoms with van der Waals surface area (Å²) in [5, 5.41) is 2.80. The van der Waals surface area contributed by atoms with E-state index in [9.17, 15) is 4.79 Å². The van der Waals surface area contributed by atoms with Crippen LogP contribution in [-0.4, -0.2) is 12.5 Å². The SMILES string of the molecule is CCNC(=O)[C@@H](C)c1ccccc1. The van der Waals surface area contributed by atoms with E-state index in [1.807, 2.05) is 44.2 Å². The van der Waals surface area contributed by atoms with Gasteiger partial charge in [-0.15, -0.1) is 0 Å². The molecule has 1 N–H and O–H groups in total. The number of hydrogen-bond donors (Lipinski definition) is 1. The summed E-state index contributed by atoms with van der Waals surface area (Å²) in [6, 6.07) is 9.80. The molecule has 70 valence electrons. The lowest BCUT2D eigenvalue weighted by atomic mass is 10.0. The molecule has 0 aliphatic carbocycles. The number of rotatable bonds is 3. The maximum absolute atomic E-state index is 11.4. The molecule has 0 fully saturated rings. The Morgan fingerprint density at radius 3 is 2.54 bits per heavy atom. The van der Waals surface area contributed by atoms with Crippen molar-refractivity contribution in [2.75, 3.05) is 6.54 Å². The van der Waals surface area contributed by atoms with Crippen LogP contribution in [-0.2, 0) is 4.79 Å². The summed E-state index contributed by atoms with van der Waals surface area (Å²) >= 11 is 0. The number of nitrogens with one attached hydrogen (secondary N) is 1. The van der Waals surface area contributed by atoms with Crippen LogP contribution in [0.4, 0.5) is 0 Å². The molecule has 0 saturated heterocycles. The van der Waals surface area contributed by atoms with E-state index in [0.717, 1.165) is 5.56 Å². The van der Waals surface area contributed by atoms with Gasteiger partial charge in [-0.1, -0.05) is 30.3 Å². The number of carbonyl (C=O) groups excluding carboxylic acids is 1. The van der Waals surface area contributed by atoms with E-state index in [1.54, 1.807) is 0 Å². The molecule has 0 saturated carbocycles. The first kappa shape index (κ1) is 9.78. The third-order valence-corrected chi connectivity index (χ3v) is 2.04. The van der Waals surface area contributed by atoms with Gasteiger partial charge < -0.3 is 5.32 Å². The number of carbonyl (C=O) groups is 1. The second kappa shape index (κ2) is 4.65. The minimum Gasteiger partial charge on any atom is -0.356 e. The van der Waals surface area contributed by atoms with Crippen LogP contribution >= 0.6 is 0 Å². The van der Waals surface area contributed by atoms with Gasteiger partial charge in [0.25, 0.3) is 0 Å². The van der Waals surface area contributed by atoms with Crippen molar-refractivity contribution >= 4 is 5.91 Å². The summed E-state index contributed by atoms with van der Waals surface area (Å²) in [7, 11) is 0. The highest BCUT2D eigenvalue weighted by atomic mass is 16.1. The Hall–Kier alpha value is -1.31. The van der Waals surface area contributed by atoms with Crippen LogP contribution in [0.1, 0.15) is 25.3 Å². The molecule has 0 aliphatic rings. The second-order valence-electron chi connectivity index (χ2n) is 3.03. The third kappa shape index (κ3) is 2.58. The van der Waals surface area contributed by atoms with E-state index in [0.29, 0.717) is 6.54 Å². The third-order valence-electron chi connectivity index (χ3n) is 2.04. The number of benzene rings is 1. The zero-order chi connectivity index (χ0) is 9.68. The molecule has 0 spiro atoms. The van der Waals surface area contributed by atoms with Gasteiger partial charge in [-0.25, -0.2) is 0 Å². The number of amides is 1. The highest BCUT2D eigenvalue weighted by Gasteiger charge is 2.12. The van der Waals surface area contributed by atoms with Crippen LogP contribution in [0.3, 0.4) is 0 Å². The van der Waals surface area contributed by atoms with Gasteiger partial charge in [0.1, 0.15) is 0 Å². The van der Waals surface area contributed by atoms with Crippen molar-refractivity contribution in [1.29, 1.82) is 0 Å². The first-order valence-corrected chi connectivity index (χ1v) is 4.58. The Labute approximate surface area is 79.0 Å². The predicted molar refractivity (Wildman–Crippen MR) is 53.5 cm³/mol. The first-order valence-electron chi connectivity index (χ1n) is 4.58. The lowest BCUT2D eigenvalue weighted by Crippen LogP contribution is -2.27. The van der Waals surface area contributed by atoms with E-state index in [-0.39, 0.29) is 11.8 Å². The van der Waals surface area contributed by atoms with E-state index < -0.39 is 0 Å². The maximum Gasteiger partial charge on any atom is 0.227 e. The molecule has 0 aromatic heterocycles. The van der Waals surface area contributed by atoms with Crippen molar-refractivity contribution in [1.82, 2.24) is 5.32 Å². The Kier molecular flexibility index (Phi) is 3.50. The lowest BCUT2D eigenvalue weighted by Gasteiger charge is -2.10. The fraction of sp³-hybridized carbons (Fsp3) is 0.364. The van der Waals surface area contributed by atoms with Crippen molar-refractivity contribution < 1.29 is 4.79 Å². The molecule has 0 radical (unpaired) electrons. The van der Waals surface area contributed by atoms with E-state index in [2.05, 4.69) is 5.32 Å². The predicted octanol–water partition coefficient (Wildman–Crippen LogP) is 1.93. The highest BCUT2D eigenvalue weighted by Crippen LogP contribution is 2.13. The van der Waals surface area contributed by atoms with Crippen molar-refractivity contribution in [3.63, 3.8) is 0 Å². The fourth-order valence-electron chi connectivity index (χ4n) is 1.22. The lowest BCUT2D eigenvalue weighted by molar-refractivity contribution is -0.122. The van der Waals surface area contributed by atoms with Crippen molar-refractivity contribution in [3.8, 4) is 0 Å². The average molecular weight is 177 g/mol. The van der Waals surface area contributed by atoms with Crippen LogP contribution in [0, 0.1) is 0 Å². The van der Waals surface area contributed by atoms with Gasteiger partial charge in [0, 0.05) is 6.54 Å². The topological polar surface area (TPSA) is 29.1 Å². The molecule has 1 rings (SSSR count). The minimum atomic E-state index is -0.0545. The fourth-order valence-corrected chi connectivity index (χ4v) is 1.22. The standard InChI is InChI=1S/C11H15NO/c1-3-12-11(13)9(2)10-7-5-4-6-8-10/h4-9H,3H2,1-2H3,(H,12,13)/t9-/m0/s1. The Morgan fingerprint density at radius 2 is 2.00 bits per heavy atom. The molecule has 0 heterocycles. The molecule has 0 bridgehead atoms. The molecule has 0 unspecified atom stereocenters. The van der Waals surface area contributed by atoms with Crippen LogP contribution in [0.25, 0.3) is 0 Å². The monoisotopic (exact) mass is 177 g/mol. The molecular weight excluding hydrogens is 162 g/mol. The molecule has 2 heteroatoms. The Bertz CT molecular complexity index is 269. The van der Waals surface area contributed by atoms with Crippen molar-refractivity contribution in [2.45, 2.75) is 19.8 Å². The summed E-state index contributed by atoms with van der Waals surface area (Å²) in [5.74, 6) is 0.0369. The molecule has 13 heavy (non-hydrogen) atoms. The van der Waals surface area contributed by atoms with Crippen LogP contribution in [0.15, 0.2) is 30.3 Å². The normalized spacial score (nSPS) is 12.2. The summed E-state index contributed by atoms with van der Waals surface area (Å²) in [6.07, 6.45) is 0. The summed E-state index contributed by atoms with van der Waals surface area (Å²) in [4.78, 5) is 11.4. The molecule has 1 aromatic rings. The van der Waals surface area contributed by atoms with Crippen LogP contribution in [0.5, 0.6) is 0 Å². The molecule has 1 atom stereocenters. The quantitative estimate of drug-likeness (QED) is 0.751. The largest absolute Gasteiger partial charge is 0.356 e. The van der Waals surface area contributed by atoms with Gasteiger partial charge in [0.05, 0.1) is 5.92 Å². The van der Waals surface area contributed by atoms with Crippen LogP contribution < -0.4 is 5.32 Å². The van der Waals surface area contributed by atoms with Crippen LogP contribution in [0.2, 0.25) is 0 Å². The Balaban J connectivity index is 2.68. The molecular formula is C11H15NO. The zero-order valence-electron chi connectivity index (χ0n) is 8.08. The maximum atomic E-state index is 11.4. The summed E-state index contributed by atoms with van der Waals surface area (Å²) in [5.41, 5.74) is 1.06. The second-order valence-corrected chi connectivity index (χ2v) is 3.03. The van der Waals surface area contributed by atoms with Gasteiger partial charge in [0.15, 0.2) is 0 Å². The van der Waals surface area contributed by atoms with Crippen molar-refractivity contribution in [3.05, 3.63) is 35.9 Å². The smallest absolute Gasteiger partial charge is 0.227 e. The van der Waals surface area contributed by atoms with E-state index >= 15 is 0 Å². The average Bonchev–Trinajstić information content (AvgIpc) is 2.18. The Morgan fingerprint density at radius 1 is 1.38 bits per heavy atom. The van der Waals surface area contributed by atoms with Crippen molar-refractivity contribution in [2.24, 2.45) is 0 Å². The van der Waals surface area contributed by atoms with Gasteiger partial charge >= 0.3 is 0 Å². The molecule has 1 aromatic carbocycles. The van der Waals surface area contributed by atoms with E-state index in [4.69, 9.17) is 0 Å². The number of likely N-dealkylation sites (N-methyl/N-ethyl adjacent to an activating group) is 1. The van der Waals surface area contributed by atoms with E-state index in [1.165, 1.54) is 0 Å². The van der Waals surface area contributed by atoms with Gasteiger partial charge in [-0.3, -0.25) is 4.79 Å². The molecule has 1 amide bonds. The molecule has 0 aliphatic heterocycles. The van der Waals surface area contributed by atoms with Gasteiger partial charge in [-0.2, -0.15) is 0 Å². The zero-order valence-corrected chi connectivity index (χ0v) is 8.08. The minimum absolute atomic E-state index is 0.0545. The number of hydrogen-bond acceptors (Lipinski definition) is 1.